The predicted molar refractivity (Wildman–Crippen MR) is 132 cm³/mol. The maximum Gasteiger partial charge on any atom is 0.253 e. The molecule has 4 N–H and O–H groups in total. The lowest BCUT2D eigenvalue weighted by Gasteiger charge is -2.21. The third-order valence-corrected chi connectivity index (χ3v) is 5.39. The second-order valence-electron chi connectivity index (χ2n) is 8.48. The minimum absolute atomic E-state index is 0.0870. The minimum Gasteiger partial charge on any atom is -0.350 e. The Bertz CT molecular complexity index is 959. The van der Waals surface area contributed by atoms with Crippen molar-refractivity contribution in [3.8, 4) is 0 Å². The van der Waals surface area contributed by atoms with E-state index in [1.54, 1.807) is 36.1 Å². The first-order valence-electron chi connectivity index (χ1n) is 11.7. The van der Waals surface area contributed by atoms with Crippen LogP contribution in [0.3, 0.4) is 0 Å². The Labute approximate surface area is 200 Å². The van der Waals surface area contributed by atoms with Crippen molar-refractivity contribution in [2.45, 2.75) is 46.1 Å². The molecule has 2 rings (SSSR count). The Kier molecular flexibility index (Phi) is 10.7. The molecule has 2 unspecified atom stereocenters. The normalized spacial score (nSPS) is 12.5. The third kappa shape index (κ3) is 8.26. The van der Waals surface area contributed by atoms with E-state index in [9.17, 15) is 18.8 Å². The molecule has 0 aromatic heterocycles. The van der Waals surface area contributed by atoms with Gasteiger partial charge in [-0.3, -0.25) is 14.4 Å². The lowest BCUT2D eigenvalue weighted by atomic mass is 10.0. The van der Waals surface area contributed by atoms with Crippen LogP contribution in [0.25, 0.3) is 0 Å². The summed E-state index contributed by atoms with van der Waals surface area (Å²) in [5.74, 6) is -1.43. The lowest BCUT2D eigenvalue weighted by molar-refractivity contribution is -0.119. The first-order chi connectivity index (χ1) is 16.2. The van der Waals surface area contributed by atoms with Crippen LogP contribution in [0, 0.1) is 11.7 Å². The van der Waals surface area contributed by atoms with Gasteiger partial charge in [0.05, 0.1) is 0 Å². The van der Waals surface area contributed by atoms with Crippen molar-refractivity contribution >= 4 is 23.4 Å². The number of benzene rings is 2. The quantitative estimate of drug-likeness (QED) is 0.439. The number of hydrogen-bond acceptors (Lipinski definition) is 4. The van der Waals surface area contributed by atoms with Crippen LogP contribution in [0.4, 0.5) is 10.1 Å². The highest BCUT2D eigenvalue weighted by Crippen LogP contribution is 2.13. The fourth-order valence-electron chi connectivity index (χ4n) is 3.60. The summed E-state index contributed by atoms with van der Waals surface area (Å²) in [4.78, 5) is 39.6. The van der Waals surface area contributed by atoms with Gasteiger partial charge in [0.1, 0.15) is 5.82 Å². The molecule has 0 bridgehead atoms. The molecular formula is C26H35FN4O3. The standard InChI is InChI=1S/C26H35FN4O3/c1-4-13-31(14-5-2)26(34)20-8-6-7-19(16-20)25(33)29-17-22(28)15-18(3)24(32)30-23-11-9-21(27)10-12-23/h6-12,16,18,22H,4-5,13-15,17,28H2,1-3H3,(H,29,33)(H,30,32). The highest BCUT2D eigenvalue weighted by molar-refractivity contribution is 5.99. The van der Waals surface area contributed by atoms with Crippen LogP contribution in [0.2, 0.25) is 0 Å². The van der Waals surface area contributed by atoms with Crippen LogP contribution < -0.4 is 16.4 Å². The molecule has 34 heavy (non-hydrogen) atoms. The fourth-order valence-corrected chi connectivity index (χ4v) is 3.60. The summed E-state index contributed by atoms with van der Waals surface area (Å²) in [6.07, 6.45) is 2.09. The smallest absolute Gasteiger partial charge is 0.253 e. The summed E-state index contributed by atoms with van der Waals surface area (Å²) >= 11 is 0. The van der Waals surface area contributed by atoms with E-state index >= 15 is 0 Å². The molecule has 3 amide bonds. The molecule has 0 saturated heterocycles. The van der Waals surface area contributed by atoms with Gasteiger partial charge < -0.3 is 21.3 Å². The number of nitrogens with one attached hydrogen (secondary N) is 2. The number of halogens is 1. The van der Waals surface area contributed by atoms with E-state index in [2.05, 4.69) is 10.6 Å². The van der Waals surface area contributed by atoms with Gasteiger partial charge in [-0.05, 0) is 61.7 Å². The molecule has 7 nitrogen and oxygen atoms in total. The largest absolute Gasteiger partial charge is 0.350 e. The average Bonchev–Trinajstić information content (AvgIpc) is 2.83. The van der Waals surface area contributed by atoms with Crippen molar-refractivity contribution in [1.29, 1.82) is 0 Å². The zero-order chi connectivity index (χ0) is 25.1. The van der Waals surface area contributed by atoms with Crippen molar-refractivity contribution in [1.82, 2.24) is 10.2 Å². The molecule has 0 saturated carbocycles. The van der Waals surface area contributed by atoms with Crippen molar-refractivity contribution in [2.75, 3.05) is 25.0 Å². The molecule has 0 aliphatic heterocycles. The van der Waals surface area contributed by atoms with Gasteiger partial charge in [0.2, 0.25) is 5.91 Å². The SMILES string of the molecule is CCCN(CCC)C(=O)c1cccc(C(=O)NCC(N)CC(C)C(=O)Nc2ccc(F)cc2)c1. The molecular weight excluding hydrogens is 435 g/mol. The van der Waals surface area contributed by atoms with E-state index in [1.165, 1.54) is 24.3 Å². The molecule has 0 spiro atoms. The first kappa shape index (κ1) is 27.0. The number of amides is 3. The van der Waals surface area contributed by atoms with Crippen molar-refractivity contribution in [2.24, 2.45) is 11.7 Å². The van der Waals surface area contributed by atoms with E-state index in [0.29, 0.717) is 36.3 Å². The molecule has 2 atom stereocenters. The lowest BCUT2D eigenvalue weighted by Crippen LogP contribution is -2.39. The van der Waals surface area contributed by atoms with Gasteiger partial charge in [0.15, 0.2) is 0 Å². The third-order valence-electron chi connectivity index (χ3n) is 5.39. The van der Waals surface area contributed by atoms with Crippen LogP contribution in [0.5, 0.6) is 0 Å². The van der Waals surface area contributed by atoms with Crippen LogP contribution in [0.1, 0.15) is 60.7 Å². The summed E-state index contributed by atoms with van der Waals surface area (Å²) in [7, 11) is 0. The molecule has 0 radical (unpaired) electrons. The van der Waals surface area contributed by atoms with Gasteiger partial charge in [-0.2, -0.15) is 0 Å². The average molecular weight is 471 g/mol. The van der Waals surface area contributed by atoms with E-state index in [0.717, 1.165) is 12.8 Å². The number of rotatable bonds is 12. The monoisotopic (exact) mass is 470 g/mol. The predicted octanol–water partition coefficient (Wildman–Crippen LogP) is 3.81. The molecule has 2 aromatic rings. The number of nitrogens with two attached hydrogens (primary N) is 1. The van der Waals surface area contributed by atoms with Crippen LogP contribution in [-0.4, -0.2) is 48.3 Å². The van der Waals surface area contributed by atoms with E-state index in [4.69, 9.17) is 5.73 Å². The van der Waals surface area contributed by atoms with Crippen LogP contribution in [0.15, 0.2) is 48.5 Å². The summed E-state index contributed by atoms with van der Waals surface area (Å²) in [6.45, 7) is 7.32. The second-order valence-corrected chi connectivity index (χ2v) is 8.48. The maximum atomic E-state index is 13.0. The van der Waals surface area contributed by atoms with Crippen LogP contribution >= 0.6 is 0 Å². The zero-order valence-corrected chi connectivity index (χ0v) is 20.1. The molecule has 2 aromatic carbocycles. The minimum atomic E-state index is -0.438. The number of carbonyl (C=O) groups is 3. The molecule has 0 aliphatic carbocycles. The fraction of sp³-hybridized carbons (Fsp3) is 0.423. The van der Waals surface area contributed by atoms with Gasteiger partial charge in [0.25, 0.3) is 11.8 Å². The van der Waals surface area contributed by atoms with Gasteiger partial charge in [-0.1, -0.05) is 26.8 Å². The number of anilines is 1. The zero-order valence-electron chi connectivity index (χ0n) is 20.1. The van der Waals surface area contributed by atoms with E-state index in [-0.39, 0.29) is 30.1 Å². The maximum absolute atomic E-state index is 13.0. The molecule has 0 aliphatic rings. The summed E-state index contributed by atoms with van der Waals surface area (Å²) < 4.78 is 13.0. The Morgan fingerprint density at radius 2 is 1.62 bits per heavy atom. The molecule has 8 heteroatoms. The highest BCUT2D eigenvalue weighted by Gasteiger charge is 2.19. The van der Waals surface area contributed by atoms with E-state index in [1.807, 2.05) is 13.8 Å². The van der Waals surface area contributed by atoms with Gasteiger partial charge in [-0.15, -0.1) is 0 Å². The number of hydrogen-bond donors (Lipinski definition) is 3. The van der Waals surface area contributed by atoms with E-state index < -0.39 is 12.0 Å². The van der Waals surface area contributed by atoms with Crippen molar-refractivity contribution in [3.05, 3.63) is 65.5 Å². The summed E-state index contributed by atoms with van der Waals surface area (Å²) in [5, 5.41) is 5.51. The Hall–Kier alpha value is -3.26. The Morgan fingerprint density at radius 1 is 1.00 bits per heavy atom. The van der Waals surface area contributed by atoms with Gasteiger partial charge >= 0.3 is 0 Å². The molecule has 184 valence electrons. The second kappa shape index (κ2) is 13.4. The van der Waals surface area contributed by atoms with Gasteiger partial charge in [0, 0.05) is 48.4 Å². The molecule has 0 fully saturated rings. The first-order valence-corrected chi connectivity index (χ1v) is 11.7. The highest BCUT2D eigenvalue weighted by atomic mass is 19.1. The summed E-state index contributed by atoms with van der Waals surface area (Å²) in [5.41, 5.74) is 7.50. The Balaban J connectivity index is 1.88. The van der Waals surface area contributed by atoms with Crippen LogP contribution in [-0.2, 0) is 4.79 Å². The number of carbonyl (C=O) groups excluding carboxylic acids is 3. The van der Waals surface area contributed by atoms with Crippen molar-refractivity contribution in [3.63, 3.8) is 0 Å². The van der Waals surface area contributed by atoms with Crippen molar-refractivity contribution < 1.29 is 18.8 Å². The Morgan fingerprint density at radius 3 is 2.24 bits per heavy atom. The topological polar surface area (TPSA) is 105 Å². The molecule has 0 heterocycles. The summed E-state index contributed by atoms with van der Waals surface area (Å²) in [6, 6.07) is 11.7. The van der Waals surface area contributed by atoms with Gasteiger partial charge in [-0.25, -0.2) is 4.39 Å². The number of nitrogens with zero attached hydrogens (tertiary/aromatic N) is 1.